The molecule has 2 aromatic rings. The fourth-order valence-corrected chi connectivity index (χ4v) is 2.23. The number of hydroxylamine groups is 1. The van der Waals surface area contributed by atoms with Gasteiger partial charge in [0.25, 0.3) is 5.91 Å². The number of methoxy groups -OCH3 is 1. The summed E-state index contributed by atoms with van der Waals surface area (Å²) in [6, 6.07) is 15.1. The molecule has 110 valence electrons. The van der Waals surface area contributed by atoms with E-state index in [2.05, 4.69) is 5.48 Å². The van der Waals surface area contributed by atoms with Crippen LogP contribution >= 0.6 is 11.8 Å². The number of thioether (sulfide) groups is 1. The average Bonchev–Trinajstić information content (AvgIpc) is 2.55. The molecule has 1 amide bonds. The summed E-state index contributed by atoms with van der Waals surface area (Å²) in [7, 11) is 1.54. The van der Waals surface area contributed by atoms with Crippen molar-refractivity contribution in [2.24, 2.45) is 0 Å². The molecule has 0 aliphatic heterocycles. The van der Waals surface area contributed by atoms with E-state index in [0.29, 0.717) is 17.9 Å². The van der Waals surface area contributed by atoms with E-state index in [1.54, 1.807) is 24.9 Å². The van der Waals surface area contributed by atoms with Gasteiger partial charge in [0.2, 0.25) is 0 Å². The van der Waals surface area contributed by atoms with Crippen molar-refractivity contribution in [2.75, 3.05) is 13.4 Å². The van der Waals surface area contributed by atoms with Gasteiger partial charge >= 0.3 is 0 Å². The van der Waals surface area contributed by atoms with Crippen molar-refractivity contribution in [2.45, 2.75) is 11.5 Å². The van der Waals surface area contributed by atoms with Crippen LogP contribution in [0.4, 0.5) is 0 Å². The molecule has 0 radical (unpaired) electrons. The number of nitrogens with one attached hydrogen (secondary N) is 1. The van der Waals surface area contributed by atoms with Crippen molar-refractivity contribution in [3.05, 3.63) is 59.7 Å². The lowest BCUT2D eigenvalue weighted by Gasteiger charge is -2.10. The molecule has 0 saturated carbocycles. The molecule has 0 atom stereocenters. The van der Waals surface area contributed by atoms with Crippen molar-refractivity contribution in [1.29, 1.82) is 0 Å². The smallest absolute Gasteiger partial charge is 0.278 e. The van der Waals surface area contributed by atoms with Gasteiger partial charge < -0.3 is 4.74 Å². The molecule has 4 nitrogen and oxygen atoms in total. The van der Waals surface area contributed by atoms with E-state index in [4.69, 9.17) is 9.57 Å². The zero-order valence-corrected chi connectivity index (χ0v) is 12.8. The molecule has 0 heterocycles. The predicted molar refractivity (Wildman–Crippen MR) is 83.5 cm³/mol. The summed E-state index contributed by atoms with van der Waals surface area (Å²) in [6.45, 7) is 0.317. The van der Waals surface area contributed by atoms with E-state index < -0.39 is 0 Å². The van der Waals surface area contributed by atoms with Crippen LogP contribution in [0.2, 0.25) is 0 Å². The monoisotopic (exact) mass is 303 g/mol. The predicted octanol–water partition coefficient (Wildman–Crippen LogP) is 3.28. The molecule has 0 bridgehead atoms. The van der Waals surface area contributed by atoms with E-state index in [9.17, 15) is 4.79 Å². The van der Waals surface area contributed by atoms with Crippen molar-refractivity contribution in [1.82, 2.24) is 5.48 Å². The Labute approximate surface area is 128 Å². The lowest BCUT2D eigenvalue weighted by molar-refractivity contribution is 0.0231. The highest BCUT2D eigenvalue weighted by Gasteiger charge is 2.12. The van der Waals surface area contributed by atoms with Gasteiger partial charge in [0.05, 0.1) is 19.3 Å². The standard InChI is InChI=1S/C16H17NO3S/c1-19-15-10-13(21-2)8-9-14(15)16(18)17-20-11-12-6-4-3-5-7-12/h3-10H,11H2,1-2H3,(H,17,18). The summed E-state index contributed by atoms with van der Waals surface area (Å²) in [5.74, 6) is 0.207. The lowest BCUT2D eigenvalue weighted by Crippen LogP contribution is -2.24. The minimum atomic E-state index is -0.324. The van der Waals surface area contributed by atoms with Gasteiger partial charge in [-0.2, -0.15) is 0 Å². The van der Waals surface area contributed by atoms with Crippen LogP contribution in [-0.4, -0.2) is 19.3 Å². The Balaban J connectivity index is 1.97. The number of hydrogen-bond acceptors (Lipinski definition) is 4. The Morgan fingerprint density at radius 3 is 2.62 bits per heavy atom. The maximum atomic E-state index is 12.1. The molecule has 2 aromatic carbocycles. The zero-order chi connectivity index (χ0) is 15.1. The van der Waals surface area contributed by atoms with Crippen LogP contribution in [0.3, 0.4) is 0 Å². The Hall–Kier alpha value is -1.98. The SMILES string of the molecule is COc1cc(SC)ccc1C(=O)NOCc1ccccc1. The normalized spacial score (nSPS) is 10.2. The minimum Gasteiger partial charge on any atom is -0.496 e. The number of rotatable bonds is 6. The molecule has 5 heteroatoms. The van der Waals surface area contributed by atoms with Crippen molar-refractivity contribution < 1.29 is 14.4 Å². The van der Waals surface area contributed by atoms with Crippen LogP contribution in [0.15, 0.2) is 53.4 Å². The van der Waals surface area contributed by atoms with Crippen molar-refractivity contribution in [3.63, 3.8) is 0 Å². The highest BCUT2D eigenvalue weighted by molar-refractivity contribution is 7.98. The van der Waals surface area contributed by atoms with Gasteiger partial charge in [0.1, 0.15) is 5.75 Å². The van der Waals surface area contributed by atoms with E-state index in [1.165, 1.54) is 0 Å². The summed E-state index contributed by atoms with van der Waals surface area (Å²) >= 11 is 1.59. The molecular formula is C16H17NO3S. The first-order valence-corrected chi connectivity index (χ1v) is 7.65. The van der Waals surface area contributed by atoms with Crippen LogP contribution < -0.4 is 10.2 Å². The average molecular weight is 303 g/mol. The highest BCUT2D eigenvalue weighted by Crippen LogP contribution is 2.25. The molecule has 0 aliphatic rings. The molecule has 0 aliphatic carbocycles. The molecule has 0 aromatic heterocycles. The Morgan fingerprint density at radius 2 is 1.95 bits per heavy atom. The molecule has 0 saturated heterocycles. The van der Waals surface area contributed by atoms with Gasteiger partial charge in [-0.05, 0) is 30.0 Å². The Kier molecular flexibility index (Phi) is 5.66. The van der Waals surface area contributed by atoms with Gasteiger partial charge in [-0.3, -0.25) is 9.63 Å². The van der Waals surface area contributed by atoms with Crippen LogP contribution in [-0.2, 0) is 11.4 Å². The Bertz CT molecular complexity index is 602. The zero-order valence-electron chi connectivity index (χ0n) is 12.0. The fraction of sp³-hybridized carbons (Fsp3) is 0.188. The first-order valence-electron chi connectivity index (χ1n) is 6.42. The largest absolute Gasteiger partial charge is 0.496 e. The second-order valence-corrected chi connectivity index (χ2v) is 5.15. The van der Waals surface area contributed by atoms with Gasteiger partial charge in [-0.1, -0.05) is 30.3 Å². The van der Waals surface area contributed by atoms with Gasteiger partial charge in [-0.25, -0.2) is 5.48 Å². The second-order valence-electron chi connectivity index (χ2n) is 4.27. The molecule has 0 unspecified atom stereocenters. The molecule has 0 fully saturated rings. The topological polar surface area (TPSA) is 47.6 Å². The van der Waals surface area contributed by atoms with E-state index in [-0.39, 0.29) is 5.91 Å². The number of carbonyl (C=O) groups is 1. The molecule has 2 rings (SSSR count). The third-order valence-electron chi connectivity index (χ3n) is 2.90. The number of hydrogen-bond donors (Lipinski definition) is 1. The second kappa shape index (κ2) is 7.71. The van der Waals surface area contributed by atoms with Crippen LogP contribution in [0.25, 0.3) is 0 Å². The number of ether oxygens (including phenoxy) is 1. The van der Waals surface area contributed by atoms with Crippen LogP contribution in [0.5, 0.6) is 5.75 Å². The maximum Gasteiger partial charge on any atom is 0.278 e. The lowest BCUT2D eigenvalue weighted by atomic mass is 10.2. The summed E-state index contributed by atoms with van der Waals surface area (Å²) < 4.78 is 5.24. The van der Waals surface area contributed by atoms with Crippen molar-refractivity contribution >= 4 is 17.7 Å². The number of benzene rings is 2. The van der Waals surface area contributed by atoms with Gasteiger partial charge in [0.15, 0.2) is 0 Å². The Morgan fingerprint density at radius 1 is 1.19 bits per heavy atom. The van der Waals surface area contributed by atoms with E-state index >= 15 is 0 Å². The number of carbonyl (C=O) groups excluding carboxylic acids is 1. The molecule has 21 heavy (non-hydrogen) atoms. The third-order valence-corrected chi connectivity index (χ3v) is 3.63. The van der Waals surface area contributed by atoms with E-state index in [1.807, 2.05) is 48.7 Å². The summed E-state index contributed by atoms with van der Waals surface area (Å²) in [4.78, 5) is 18.4. The van der Waals surface area contributed by atoms with Crippen molar-refractivity contribution in [3.8, 4) is 5.75 Å². The first kappa shape index (κ1) is 15.4. The van der Waals surface area contributed by atoms with Gasteiger partial charge in [0, 0.05) is 4.90 Å². The van der Waals surface area contributed by atoms with Gasteiger partial charge in [-0.15, -0.1) is 11.8 Å². The van der Waals surface area contributed by atoms with E-state index in [0.717, 1.165) is 10.5 Å². The molecule has 1 N–H and O–H groups in total. The van der Waals surface area contributed by atoms with Crippen LogP contribution in [0.1, 0.15) is 15.9 Å². The summed E-state index contributed by atoms with van der Waals surface area (Å²) in [5.41, 5.74) is 3.87. The maximum absolute atomic E-state index is 12.1. The summed E-state index contributed by atoms with van der Waals surface area (Å²) in [5, 5.41) is 0. The fourth-order valence-electron chi connectivity index (χ4n) is 1.80. The molecule has 0 spiro atoms. The minimum absolute atomic E-state index is 0.317. The number of amides is 1. The molecular weight excluding hydrogens is 286 g/mol. The quantitative estimate of drug-likeness (QED) is 0.657. The highest BCUT2D eigenvalue weighted by atomic mass is 32.2. The third kappa shape index (κ3) is 4.24. The first-order chi connectivity index (χ1) is 10.2. The summed E-state index contributed by atoms with van der Waals surface area (Å²) in [6.07, 6.45) is 1.97. The van der Waals surface area contributed by atoms with Crippen LogP contribution in [0, 0.1) is 0 Å².